The number of pyridine rings is 2. The lowest BCUT2D eigenvalue weighted by molar-refractivity contribution is -0.617. The zero-order valence-corrected chi connectivity index (χ0v) is 17.5. The molecule has 0 aliphatic carbocycles. The first-order valence-electron chi connectivity index (χ1n) is 9.49. The quantitative estimate of drug-likeness (QED) is 0.242. The second-order valence-corrected chi connectivity index (χ2v) is 13.5. The highest BCUT2D eigenvalue weighted by Crippen LogP contribution is 2.31. The van der Waals surface area contributed by atoms with Gasteiger partial charge in [-0.05, 0) is 41.9 Å². The molecule has 0 saturated heterocycles. The summed E-state index contributed by atoms with van der Waals surface area (Å²) in [6, 6.07) is 17.6. The van der Waals surface area contributed by atoms with Crippen LogP contribution in [0.1, 0.15) is 5.56 Å². The lowest BCUT2D eigenvalue weighted by atomic mass is 10.1. The zero-order valence-electron chi connectivity index (χ0n) is 16.5. The van der Waals surface area contributed by atoms with Crippen molar-refractivity contribution in [2.75, 3.05) is 0 Å². The van der Waals surface area contributed by atoms with Crippen LogP contribution in [0.4, 0.5) is 0 Å². The molecule has 0 bridgehead atoms. The highest BCUT2D eigenvalue weighted by atomic mass is 28.3. The molecule has 0 radical (unpaired) electrons. The number of nitrogens with zero attached hydrogens (tertiary/aromatic N) is 3. The van der Waals surface area contributed by atoms with Crippen molar-refractivity contribution < 1.29 is 4.57 Å². The summed E-state index contributed by atoms with van der Waals surface area (Å²) in [6.07, 6.45) is 1.96. The van der Waals surface area contributed by atoms with Crippen molar-refractivity contribution in [2.24, 2.45) is 7.05 Å². The lowest BCUT2D eigenvalue weighted by Gasteiger charge is -2.19. The zero-order chi connectivity index (χ0) is 18.9. The molecule has 3 heterocycles. The number of aryl methyl sites for hydroxylation is 2. The fourth-order valence-corrected chi connectivity index (χ4v) is 6.06. The van der Waals surface area contributed by atoms with Crippen LogP contribution in [0.15, 0.2) is 54.7 Å². The van der Waals surface area contributed by atoms with E-state index in [1.54, 1.807) is 0 Å². The lowest BCUT2D eigenvalue weighted by Crippen LogP contribution is -2.38. The molecule has 27 heavy (non-hydrogen) atoms. The van der Waals surface area contributed by atoms with Crippen LogP contribution in [-0.2, 0) is 7.05 Å². The van der Waals surface area contributed by atoms with Crippen molar-refractivity contribution in [3.8, 4) is 0 Å². The van der Waals surface area contributed by atoms with E-state index in [-0.39, 0.29) is 0 Å². The Bertz CT molecular complexity index is 1370. The molecule has 0 unspecified atom stereocenters. The van der Waals surface area contributed by atoms with Gasteiger partial charge in [-0.15, -0.1) is 0 Å². The highest BCUT2D eigenvalue weighted by Gasteiger charge is 2.28. The fraction of sp³-hybridized carbons (Fsp3) is 0.217. The summed E-state index contributed by atoms with van der Waals surface area (Å²) in [6.45, 7) is 9.45. The predicted octanol–water partition coefficient (Wildman–Crippen LogP) is 4.47. The van der Waals surface area contributed by atoms with E-state index < -0.39 is 8.07 Å². The summed E-state index contributed by atoms with van der Waals surface area (Å²) in [4.78, 5) is 4.90. The summed E-state index contributed by atoms with van der Waals surface area (Å²) in [5.41, 5.74) is 7.37. The Morgan fingerprint density at radius 3 is 2.41 bits per heavy atom. The van der Waals surface area contributed by atoms with Crippen LogP contribution in [0.2, 0.25) is 19.6 Å². The molecule has 0 amide bonds. The monoisotopic (exact) mass is 370 g/mol. The van der Waals surface area contributed by atoms with Crippen LogP contribution in [0.3, 0.4) is 0 Å². The van der Waals surface area contributed by atoms with E-state index in [4.69, 9.17) is 4.98 Å². The Kier molecular flexibility index (Phi) is 3.29. The normalized spacial score (nSPS) is 12.6. The molecule has 5 rings (SSSR count). The topological polar surface area (TPSA) is 21.2 Å². The third-order valence-electron chi connectivity index (χ3n) is 5.72. The number of hydrogen-bond donors (Lipinski definition) is 0. The van der Waals surface area contributed by atoms with Gasteiger partial charge in [0.15, 0.2) is 11.0 Å². The summed E-state index contributed by atoms with van der Waals surface area (Å²) in [5.74, 6) is 0. The second-order valence-electron chi connectivity index (χ2n) is 8.51. The molecule has 0 aliphatic heterocycles. The Hall–Kier alpha value is -2.72. The third-order valence-corrected chi connectivity index (χ3v) is 7.76. The van der Waals surface area contributed by atoms with Crippen molar-refractivity contribution in [1.29, 1.82) is 0 Å². The predicted molar refractivity (Wildman–Crippen MR) is 117 cm³/mol. The van der Waals surface area contributed by atoms with Crippen LogP contribution >= 0.6 is 0 Å². The van der Waals surface area contributed by atoms with Crippen LogP contribution < -0.4 is 9.75 Å². The SMILES string of the molecule is Cc1ccnc2c3c([Si](C)(C)C)cccc3n3c4ccccc4[n+](C)c3c12. The molecule has 0 aliphatic rings. The maximum atomic E-state index is 4.90. The van der Waals surface area contributed by atoms with Crippen LogP contribution in [0.5, 0.6) is 0 Å². The number of imidazole rings is 1. The average Bonchev–Trinajstić information content (AvgIpc) is 2.94. The minimum atomic E-state index is -1.54. The maximum Gasteiger partial charge on any atom is 0.297 e. The van der Waals surface area contributed by atoms with Gasteiger partial charge in [0, 0.05) is 11.6 Å². The second kappa shape index (κ2) is 5.39. The van der Waals surface area contributed by atoms with Gasteiger partial charge in [-0.3, -0.25) is 4.98 Å². The number of para-hydroxylation sites is 2. The minimum Gasteiger partial charge on any atom is -0.255 e. The van der Waals surface area contributed by atoms with Gasteiger partial charge in [0.05, 0.1) is 26.0 Å². The van der Waals surface area contributed by atoms with Crippen LogP contribution in [0.25, 0.3) is 38.5 Å². The van der Waals surface area contributed by atoms with Crippen LogP contribution in [-0.4, -0.2) is 17.5 Å². The van der Waals surface area contributed by atoms with Crippen molar-refractivity contribution in [3.63, 3.8) is 0 Å². The van der Waals surface area contributed by atoms with Crippen molar-refractivity contribution >= 4 is 51.7 Å². The Morgan fingerprint density at radius 1 is 0.889 bits per heavy atom. The number of aromatic nitrogens is 3. The Balaban J connectivity index is 2.25. The smallest absolute Gasteiger partial charge is 0.255 e. The molecular formula is C23H24N3Si+. The van der Waals surface area contributed by atoms with Gasteiger partial charge in [-0.1, -0.05) is 43.9 Å². The first-order valence-corrected chi connectivity index (χ1v) is 13.0. The molecule has 3 nitrogen and oxygen atoms in total. The summed E-state index contributed by atoms with van der Waals surface area (Å²) >= 11 is 0. The number of hydrogen-bond acceptors (Lipinski definition) is 1. The highest BCUT2D eigenvalue weighted by molar-refractivity contribution is 6.90. The van der Waals surface area contributed by atoms with E-state index in [9.17, 15) is 0 Å². The summed E-state index contributed by atoms with van der Waals surface area (Å²) in [5, 5.41) is 4.06. The molecule has 5 aromatic rings. The average molecular weight is 371 g/mol. The van der Waals surface area contributed by atoms with Gasteiger partial charge in [-0.25, -0.2) is 4.57 Å². The van der Waals surface area contributed by atoms with Gasteiger partial charge >= 0.3 is 0 Å². The molecule has 3 aromatic heterocycles. The van der Waals surface area contributed by atoms with E-state index in [2.05, 4.69) is 91.1 Å². The van der Waals surface area contributed by atoms with E-state index in [1.165, 1.54) is 43.7 Å². The largest absolute Gasteiger partial charge is 0.297 e. The first kappa shape index (κ1) is 16.5. The Morgan fingerprint density at radius 2 is 1.63 bits per heavy atom. The van der Waals surface area contributed by atoms with Gasteiger partial charge in [0.25, 0.3) is 5.65 Å². The van der Waals surface area contributed by atoms with Crippen LogP contribution in [0, 0.1) is 6.92 Å². The molecule has 0 saturated carbocycles. The maximum absolute atomic E-state index is 4.90. The molecule has 0 N–H and O–H groups in total. The van der Waals surface area contributed by atoms with Gasteiger partial charge in [-0.2, -0.15) is 4.40 Å². The van der Waals surface area contributed by atoms with Crippen molar-refractivity contribution in [1.82, 2.24) is 9.38 Å². The molecule has 2 aromatic carbocycles. The minimum absolute atomic E-state index is 1.13. The third kappa shape index (κ3) is 2.13. The molecule has 0 spiro atoms. The number of benzene rings is 2. The van der Waals surface area contributed by atoms with Gasteiger partial charge < -0.3 is 0 Å². The van der Waals surface area contributed by atoms with E-state index in [0.717, 1.165) is 5.52 Å². The van der Waals surface area contributed by atoms with Crippen molar-refractivity contribution in [2.45, 2.75) is 26.6 Å². The van der Waals surface area contributed by atoms with E-state index >= 15 is 0 Å². The fourth-order valence-electron chi connectivity index (χ4n) is 4.47. The summed E-state index contributed by atoms with van der Waals surface area (Å²) in [7, 11) is 0.624. The molecule has 0 atom stereocenters. The molecule has 4 heteroatoms. The van der Waals surface area contributed by atoms with E-state index in [1.807, 2.05) is 6.20 Å². The van der Waals surface area contributed by atoms with Gasteiger partial charge in [0.2, 0.25) is 0 Å². The van der Waals surface area contributed by atoms with E-state index in [0.29, 0.717) is 0 Å². The summed E-state index contributed by atoms with van der Waals surface area (Å²) < 4.78 is 4.75. The van der Waals surface area contributed by atoms with Crippen molar-refractivity contribution in [3.05, 3.63) is 60.3 Å². The number of fused-ring (bicyclic) bond motifs is 8. The standard InChI is InChI=1S/C23H24N3Si/c1-15-13-14-24-22-20(15)23-25(2)16-9-6-7-10-17(16)26(23)18-11-8-12-19(21(18)22)27(3,4)5/h6-14H,1-5H3/q+1. The first-order chi connectivity index (χ1) is 12.9. The Labute approximate surface area is 159 Å². The molecule has 134 valence electrons. The van der Waals surface area contributed by atoms with Gasteiger partial charge in [0.1, 0.15) is 5.52 Å². The molecular weight excluding hydrogens is 346 g/mol. The molecule has 0 fully saturated rings. The number of rotatable bonds is 1.